The zero-order chi connectivity index (χ0) is 22.8. The minimum atomic E-state index is -0.432. The molecule has 8 heteroatoms. The van der Waals surface area contributed by atoms with Gasteiger partial charge in [0.15, 0.2) is 0 Å². The number of hydrogen-bond acceptors (Lipinski definition) is 4. The highest BCUT2D eigenvalue weighted by Crippen LogP contribution is 2.36. The molecule has 2 N–H and O–H groups in total. The second-order valence-electron chi connectivity index (χ2n) is 7.28. The van der Waals surface area contributed by atoms with E-state index in [9.17, 15) is 14.0 Å². The van der Waals surface area contributed by atoms with Crippen LogP contribution in [0.1, 0.15) is 20.0 Å². The summed E-state index contributed by atoms with van der Waals surface area (Å²) >= 11 is 7.73. The summed E-state index contributed by atoms with van der Waals surface area (Å²) in [7, 11) is 3.71. The summed E-state index contributed by atoms with van der Waals surface area (Å²) in [5.74, 6) is -1.23. The van der Waals surface area contributed by atoms with Gasteiger partial charge >= 0.3 is 0 Å². The molecule has 0 aliphatic rings. The number of fused-ring (bicyclic) bond motifs is 1. The van der Waals surface area contributed by atoms with Gasteiger partial charge in [0.1, 0.15) is 10.7 Å². The fourth-order valence-electron chi connectivity index (χ4n) is 3.18. The lowest BCUT2D eigenvalue weighted by atomic mass is 10.1. The lowest BCUT2D eigenvalue weighted by Gasteiger charge is -2.17. The Bertz CT molecular complexity index is 1320. The first-order valence-corrected chi connectivity index (χ1v) is 10.9. The Hall–Kier alpha value is -3.42. The van der Waals surface area contributed by atoms with Gasteiger partial charge in [-0.3, -0.25) is 9.59 Å². The van der Waals surface area contributed by atoms with Crippen LogP contribution < -0.4 is 15.5 Å². The van der Waals surface area contributed by atoms with E-state index in [1.165, 1.54) is 35.6 Å². The number of anilines is 3. The number of nitrogens with one attached hydrogen (secondary N) is 2. The molecule has 0 atom stereocenters. The predicted octanol–water partition coefficient (Wildman–Crippen LogP) is 6.26. The molecular formula is C24H19ClFN3O2S. The van der Waals surface area contributed by atoms with Crippen LogP contribution in [-0.4, -0.2) is 25.9 Å². The first-order chi connectivity index (χ1) is 15.3. The van der Waals surface area contributed by atoms with Crippen LogP contribution in [0.3, 0.4) is 0 Å². The Balaban J connectivity index is 1.66. The number of halogens is 2. The minimum Gasteiger partial charge on any atom is -0.378 e. The standard InChI is InChI=1S/C24H19ClFN3O2S/c1-29(2)16-11-12-19(18(13-16)23(30)27-15-9-7-14(26)8-10-15)28-24(31)22-21(25)17-5-3-4-6-20(17)32-22/h3-13H,1-2H3,(H,27,30)(H,28,31). The Morgan fingerprint density at radius 2 is 1.66 bits per heavy atom. The zero-order valence-electron chi connectivity index (χ0n) is 17.3. The van der Waals surface area contributed by atoms with E-state index in [1.54, 1.807) is 18.2 Å². The quantitative estimate of drug-likeness (QED) is 0.364. The average molecular weight is 468 g/mol. The van der Waals surface area contributed by atoms with Crippen molar-refractivity contribution in [1.82, 2.24) is 0 Å². The summed E-state index contributed by atoms with van der Waals surface area (Å²) in [6.45, 7) is 0. The van der Waals surface area contributed by atoms with Crippen LogP contribution in [0.2, 0.25) is 5.02 Å². The summed E-state index contributed by atoms with van der Waals surface area (Å²) in [4.78, 5) is 28.3. The van der Waals surface area contributed by atoms with Crippen molar-refractivity contribution >= 4 is 61.9 Å². The summed E-state index contributed by atoms with van der Waals surface area (Å²) in [5, 5.41) is 6.74. The van der Waals surface area contributed by atoms with E-state index in [1.807, 2.05) is 43.3 Å². The van der Waals surface area contributed by atoms with Crippen LogP contribution in [0.15, 0.2) is 66.7 Å². The van der Waals surface area contributed by atoms with Crippen molar-refractivity contribution in [2.24, 2.45) is 0 Å². The average Bonchev–Trinajstić information content (AvgIpc) is 3.12. The van der Waals surface area contributed by atoms with Gasteiger partial charge in [0.05, 0.1) is 16.3 Å². The largest absolute Gasteiger partial charge is 0.378 e. The first kappa shape index (κ1) is 21.8. The number of rotatable bonds is 5. The van der Waals surface area contributed by atoms with E-state index in [4.69, 9.17) is 11.6 Å². The molecule has 0 unspecified atom stereocenters. The normalized spacial score (nSPS) is 10.8. The van der Waals surface area contributed by atoms with Crippen molar-refractivity contribution in [1.29, 1.82) is 0 Å². The highest BCUT2D eigenvalue weighted by molar-refractivity contribution is 7.21. The molecule has 5 nitrogen and oxygen atoms in total. The molecule has 0 radical (unpaired) electrons. The number of benzene rings is 3. The minimum absolute atomic E-state index is 0.270. The summed E-state index contributed by atoms with van der Waals surface area (Å²) in [6, 6.07) is 18.1. The summed E-state index contributed by atoms with van der Waals surface area (Å²) in [6.07, 6.45) is 0. The number of carbonyl (C=O) groups is 2. The first-order valence-electron chi connectivity index (χ1n) is 9.70. The van der Waals surface area contributed by atoms with Gasteiger partial charge in [0.25, 0.3) is 11.8 Å². The SMILES string of the molecule is CN(C)c1ccc(NC(=O)c2sc3ccccc3c2Cl)c(C(=O)Nc2ccc(F)cc2)c1. The third-order valence-electron chi connectivity index (χ3n) is 4.86. The molecule has 1 aromatic heterocycles. The second-order valence-corrected chi connectivity index (χ2v) is 8.71. The Morgan fingerprint density at radius 3 is 2.34 bits per heavy atom. The lowest BCUT2D eigenvalue weighted by Crippen LogP contribution is -2.19. The number of thiophene rings is 1. The third kappa shape index (κ3) is 4.44. The molecule has 0 fully saturated rings. The molecule has 32 heavy (non-hydrogen) atoms. The van der Waals surface area contributed by atoms with Gasteiger partial charge in [-0.05, 0) is 48.5 Å². The Labute approximate surface area is 193 Å². The predicted molar refractivity (Wildman–Crippen MR) is 130 cm³/mol. The number of nitrogens with zero attached hydrogens (tertiary/aromatic N) is 1. The van der Waals surface area contributed by atoms with Crippen molar-refractivity contribution in [3.05, 3.63) is 88.0 Å². The maximum atomic E-state index is 13.2. The van der Waals surface area contributed by atoms with E-state index >= 15 is 0 Å². The molecule has 0 aliphatic heterocycles. The van der Waals surface area contributed by atoms with Gasteiger partial charge in [-0.15, -0.1) is 11.3 Å². The Morgan fingerprint density at radius 1 is 0.938 bits per heavy atom. The number of amides is 2. The molecule has 0 saturated carbocycles. The smallest absolute Gasteiger partial charge is 0.267 e. The van der Waals surface area contributed by atoms with Crippen LogP contribution in [0, 0.1) is 5.82 Å². The van der Waals surface area contributed by atoms with Crippen molar-refractivity contribution in [3.63, 3.8) is 0 Å². The number of hydrogen-bond donors (Lipinski definition) is 2. The Kier molecular flexibility index (Phi) is 6.12. The van der Waals surface area contributed by atoms with E-state index in [0.717, 1.165) is 15.8 Å². The lowest BCUT2D eigenvalue weighted by molar-refractivity contribution is 0.102. The molecule has 1 heterocycles. The molecule has 0 aliphatic carbocycles. The van der Waals surface area contributed by atoms with Crippen LogP contribution >= 0.6 is 22.9 Å². The van der Waals surface area contributed by atoms with Gasteiger partial charge in [0.2, 0.25) is 0 Å². The van der Waals surface area contributed by atoms with E-state index in [-0.39, 0.29) is 5.56 Å². The van der Waals surface area contributed by atoms with Crippen molar-refractivity contribution < 1.29 is 14.0 Å². The third-order valence-corrected chi connectivity index (χ3v) is 6.53. The topological polar surface area (TPSA) is 61.4 Å². The molecule has 0 spiro atoms. The summed E-state index contributed by atoms with van der Waals surface area (Å²) < 4.78 is 14.1. The fraction of sp³-hybridized carbons (Fsp3) is 0.0833. The highest BCUT2D eigenvalue weighted by atomic mass is 35.5. The zero-order valence-corrected chi connectivity index (χ0v) is 18.9. The molecular weight excluding hydrogens is 449 g/mol. The van der Waals surface area contributed by atoms with Crippen molar-refractivity contribution in [3.8, 4) is 0 Å². The van der Waals surface area contributed by atoms with E-state index in [0.29, 0.717) is 21.3 Å². The molecule has 2 amide bonds. The van der Waals surface area contributed by atoms with Gasteiger partial charge in [-0.2, -0.15) is 0 Å². The summed E-state index contributed by atoms with van der Waals surface area (Å²) in [5.41, 5.74) is 1.84. The number of carbonyl (C=O) groups excluding carboxylic acids is 2. The van der Waals surface area contributed by atoms with E-state index in [2.05, 4.69) is 10.6 Å². The molecule has 162 valence electrons. The molecule has 4 rings (SSSR count). The van der Waals surface area contributed by atoms with Gasteiger partial charge in [-0.1, -0.05) is 29.8 Å². The van der Waals surface area contributed by atoms with Crippen molar-refractivity contribution in [2.75, 3.05) is 29.6 Å². The molecule has 3 aromatic carbocycles. The molecule has 0 saturated heterocycles. The maximum Gasteiger partial charge on any atom is 0.267 e. The van der Waals surface area contributed by atoms with Gasteiger partial charge < -0.3 is 15.5 Å². The second kappa shape index (κ2) is 8.98. The van der Waals surface area contributed by atoms with Gasteiger partial charge in [0, 0.05) is 35.6 Å². The van der Waals surface area contributed by atoms with E-state index < -0.39 is 17.6 Å². The molecule has 0 bridgehead atoms. The van der Waals surface area contributed by atoms with Crippen LogP contribution in [-0.2, 0) is 0 Å². The van der Waals surface area contributed by atoms with Crippen LogP contribution in [0.25, 0.3) is 10.1 Å². The van der Waals surface area contributed by atoms with Crippen LogP contribution in [0.4, 0.5) is 21.5 Å². The highest BCUT2D eigenvalue weighted by Gasteiger charge is 2.20. The monoisotopic (exact) mass is 467 g/mol. The van der Waals surface area contributed by atoms with Crippen molar-refractivity contribution in [2.45, 2.75) is 0 Å². The maximum absolute atomic E-state index is 13.2. The van der Waals surface area contributed by atoms with Gasteiger partial charge in [-0.25, -0.2) is 4.39 Å². The van der Waals surface area contributed by atoms with Crippen LogP contribution in [0.5, 0.6) is 0 Å². The molecule has 4 aromatic rings. The fourth-order valence-corrected chi connectivity index (χ4v) is 4.59.